The number of rotatable bonds is 6. The van der Waals surface area contributed by atoms with Crippen molar-refractivity contribution in [2.75, 3.05) is 19.9 Å². The molecule has 2 heterocycles. The van der Waals surface area contributed by atoms with Crippen LogP contribution in [0.4, 0.5) is 5.69 Å². The van der Waals surface area contributed by atoms with Crippen LogP contribution < -0.4 is 14.8 Å². The Hall–Kier alpha value is -3.15. The Morgan fingerprint density at radius 1 is 1.28 bits per heavy atom. The summed E-state index contributed by atoms with van der Waals surface area (Å²) in [4.78, 5) is 37.4. The van der Waals surface area contributed by atoms with Crippen LogP contribution in [0.2, 0.25) is 5.02 Å². The summed E-state index contributed by atoms with van der Waals surface area (Å²) >= 11 is 12.2. The standard InChI is InChI=1S/C20H14ClN3O6S2/c21-12-2-3-13(14(9-12)24(27)28)18(25)22-5-6-23-19(26)17(32-20(23)31)8-11-1-4-15-16(7-11)30-10-29-15/h1-4,7-9H,5-6,10H2,(H,22,25). The molecule has 0 atom stereocenters. The predicted molar refractivity (Wildman–Crippen MR) is 123 cm³/mol. The molecule has 0 aliphatic carbocycles. The summed E-state index contributed by atoms with van der Waals surface area (Å²) in [6, 6.07) is 9.13. The number of thioether (sulfide) groups is 1. The highest BCUT2D eigenvalue weighted by Crippen LogP contribution is 2.36. The Balaban J connectivity index is 1.39. The first-order chi connectivity index (χ1) is 15.3. The molecule has 0 unspecified atom stereocenters. The van der Waals surface area contributed by atoms with E-state index in [0.717, 1.165) is 23.4 Å². The van der Waals surface area contributed by atoms with Gasteiger partial charge in [-0.3, -0.25) is 24.6 Å². The number of carbonyl (C=O) groups excluding carboxylic acids is 2. The number of halogens is 1. The van der Waals surface area contributed by atoms with Crippen LogP contribution in [-0.4, -0.2) is 45.8 Å². The van der Waals surface area contributed by atoms with Gasteiger partial charge >= 0.3 is 0 Å². The molecule has 4 rings (SSSR count). The normalized spacial score (nSPS) is 16.0. The van der Waals surface area contributed by atoms with Gasteiger partial charge in [0.2, 0.25) is 6.79 Å². The quantitative estimate of drug-likeness (QED) is 0.282. The van der Waals surface area contributed by atoms with Crippen LogP contribution >= 0.6 is 35.6 Å². The van der Waals surface area contributed by atoms with Gasteiger partial charge in [-0.2, -0.15) is 0 Å². The second-order valence-electron chi connectivity index (χ2n) is 6.62. The smallest absolute Gasteiger partial charge is 0.283 e. The Morgan fingerprint density at radius 2 is 2.06 bits per heavy atom. The number of fused-ring (bicyclic) bond motifs is 1. The zero-order valence-electron chi connectivity index (χ0n) is 16.2. The molecule has 12 heteroatoms. The van der Waals surface area contributed by atoms with Gasteiger partial charge in [0.15, 0.2) is 11.5 Å². The number of hydrogen-bond acceptors (Lipinski definition) is 8. The number of thiocarbonyl (C=S) groups is 1. The molecule has 2 aromatic carbocycles. The number of carbonyl (C=O) groups is 2. The van der Waals surface area contributed by atoms with E-state index >= 15 is 0 Å². The van der Waals surface area contributed by atoms with Gasteiger partial charge in [-0.05, 0) is 35.9 Å². The van der Waals surface area contributed by atoms with Crippen molar-refractivity contribution in [2.45, 2.75) is 0 Å². The first-order valence-electron chi connectivity index (χ1n) is 9.20. The van der Waals surface area contributed by atoms with E-state index in [1.54, 1.807) is 24.3 Å². The molecular weight excluding hydrogens is 478 g/mol. The molecule has 0 radical (unpaired) electrons. The average molecular weight is 492 g/mol. The lowest BCUT2D eigenvalue weighted by atomic mass is 10.1. The number of nitrogens with zero attached hydrogens (tertiary/aromatic N) is 2. The minimum atomic E-state index is -0.677. The molecular formula is C20H14ClN3O6S2. The summed E-state index contributed by atoms with van der Waals surface area (Å²) in [5.41, 5.74) is 0.248. The molecule has 9 nitrogen and oxygen atoms in total. The Bertz CT molecular complexity index is 1190. The van der Waals surface area contributed by atoms with E-state index < -0.39 is 16.5 Å². The van der Waals surface area contributed by atoms with Gasteiger partial charge in [-0.25, -0.2) is 0 Å². The van der Waals surface area contributed by atoms with Crippen molar-refractivity contribution in [2.24, 2.45) is 0 Å². The first kappa shape index (κ1) is 22.1. The summed E-state index contributed by atoms with van der Waals surface area (Å²) < 4.78 is 11.0. The van der Waals surface area contributed by atoms with Crippen LogP contribution in [0.1, 0.15) is 15.9 Å². The third-order valence-electron chi connectivity index (χ3n) is 4.59. The van der Waals surface area contributed by atoms with Gasteiger partial charge in [-0.1, -0.05) is 41.6 Å². The lowest BCUT2D eigenvalue weighted by Gasteiger charge is -2.14. The zero-order chi connectivity index (χ0) is 22.8. The van der Waals surface area contributed by atoms with E-state index in [4.69, 9.17) is 33.3 Å². The molecule has 1 N–H and O–H groups in total. The summed E-state index contributed by atoms with van der Waals surface area (Å²) in [6.45, 7) is 0.338. The van der Waals surface area contributed by atoms with Crippen LogP contribution in [0.5, 0.6) is 11.5 Å². The Kier molecular flexibility index (Phi) is 6.31. The van der Waals surface area contributed by atoms with Crippen molar-refractivity contribution < 1.29 is 24.0 Å². The number of benzene rings is 2. The summed E-state index contributed by atoms with van der Waals surface area (Å²) in [7, 11) is 0. The van der Waals surface area contributed by atoms with E-state index in [1.165, 1.54) is 17.0 Å². The van der Waals surface area contributed by atoms with Crippen molar-refractivity contribution in [3.05, 3.63) is 67.6 Å². The van der Waals surface area contributed by atoms with E-state index in [2.05, 4.69) is 5.32 Å². The number of hydrogen-bond donors (Lipinski definition) is 1. The maximum Gasteiger partial charge on any atom is 0.283 e. The highest BCUT2D eigenvalue weighted by molar-refractivity contribution is 8.26. The lowest BCUT2D eigenvalue weighted by molar-refractivity contribution is -0.385. The molecule has 2 aliphatic heterocycles. The maximum atomic E-state index is 12.8. The SMILES string of the molecule is O=C(NCCN1C(=O)C(=Cc2ccc3c(c2)OCO3)SC1=S)c1ccc(Cl)cc1[N+](=O)[O-]. The third kappa shape index (κ3) is 4.54. The lowest BCUT2D eigenvalue weighted by Crippen LogP contribution is -2.37. The topological polar surface area (TPSA) is 111 Å². The number of nitro benzene ring substituents is 1. The summed E-state index contributed by atoms with van der Waals surface area (Å²) in [5.74, 6) is 0.318. The van der Waals surface area contributed by atoms with Crippen molar-refractivity contribution in [3.8, 4) is 11.5 Å². The van der Waals surface area contributed by atoms with E-state index in [-0.39, 0.29) is 36.4 Å². The zero-order valence-corrected chi connectivity index (χ0v) is 18.6. The molecule has 2 amide bonds. The van der Waals surface area contributed by atoms with Crippen molar-refractivity contribution in [1.29, 1.82) is 0 Å². The Labute approximate surface area is 196 Å². The Morgan fingerprint density at radius 3 is 2.84 bits per heavy atom. The second-order valence-corrected chi connectivity index (χ2v) is 8.73. The van der Waals surface area contributed by atoms with Crippen LogP contribution in [0.3, 0.4) is 0 Å². The van der Waals surface area contributed by atoms with Gasteiger partial charge in [0.25, 0.3) is 17.5 Å². The van der Waals surface area contributed by atoms with Crippen molar-refractivity contribution in [3.63, 3.8) is 0 Å². The van der Waals surface area contributed by atoms with E-state index in [9.17, 15) is 19.7 Å². The number of amides is 2. The summed E-state index contributed by atoms with van der Waals surface area (Å²) in [6.07, 6.45) is 1.71. The van der Waals surface area contributed by atoms with Crippen molar-refractivity contribution >= 4 is 63.5 Å². The fourth-order valence-corrected chi connectivity index (χ4v) is 4.55. The van der Waals surface area contributed by atoms with E-state index in [1.807, 2.05) is 0 Å². The molecule has 0 bridgehead atoms. The highest BCUT2D eigenvalue weighted by Gasteiger charge is 2.32. The highest BCUT2D eigenvalue weighted by atomic mass is 35.5. The van der Waals surface area contributed by atoms with Gasteiger partial charge in [0.05, 0.1) is 9.83 Å². The molecule has 0 aromatic heterocycles. The fraction of sp³-hybridized carbons (Fsp3) is 0.150. The largest absolute Gasteiger partial charge is 0.454 e. The molecule has 2 aromatic rings. The molecule has 32 heavy (non-hydrogen) atoms. The van der Waals surface area contributed by atoms with Crippen LogP contribution in [-0.2, 0) is 4.79 Å². The van der Waals surface area contributed by atoms with Gasteiger partial charge < -0.3 is 14.8 Å². The minimum absolute atomic E-state index is 0.0579. The van der Waals surface area contributed by atoms with Gasteiger partial charge in [-0.15, -0.1) is 0 Å². The van der Waals surface area contributed by atoms with Gasteiger partial charge in [0.1, 0.15) is 9.88 Å². The molecule has 0 saturated carbocycles. The molecule has 1 saturated heterocycles. The second kappa shape index (κ2) is 9.15. The monoisotopic (exact) mass is 491 g/mol. The molecule has 1 fully saturated rings. The van der Waals surface area contributed by atoms with Crippen LogP contribution in [0, 0.1) is 10.1 Å². The minimum Gasteiger partial charge on any atom is -0.454 e. The maximum absolute atomic E-state index is 12.8. The van der Waals surface area contributed by atoms with Crippen molar-refractivity contribution in [1.82, 2.24) is 10.2 Å². The molecule has 0 spiro atoms. The fourth-order valence-electron chi connectivity index (χ4n) is 3.07. The first-order valence-corrected chi connectivity index (χ1v) is 10.8. The van der Waals surface area contributed by atoms with Crippen LogP contribution in [0.15, 0.2) is 41.3 Å². The average Bonchev–Trinajstić information content (AvgIpc) is 3.32. The van der Waals surface area contributed by atoms with Crippen LogP contribution in [0.25, 0.3) is 6.08 Å². The predicted octanol–water partition coefficient (Wildman–Crippen LogP) is 3.61. The molecule has 2 aliphatic rings. The number of ether oxygens (including phenoxy) is 2. The number of nitrogens with one attached hydrogen (secondary N) is 1. The van der Waals surface area contributed by atoms with E-state index in [0.29, 0.717) is 20.7 Å². The number of nitro groups is 1. The summed E-state index contributed by atoms with van der Waals surface area (Å²) in [5, 5.41) is 13.9. The van der Waals surface area contributed by atoms with Gasteiger partial charge in [0, 0.05) is 24.2 Å². The molecule has 164 valence electrons. The third-order valence-corrected chi connectivity index (χ3v) is 6.20.